The number of alkyl halides is 2. The van der Waals surface area contributed by atoms with Crippen LogP contribution in [0.5, 0.6) is 0 Å². The molecule has 2 aliphatic heterocycles. The molecule has 0 aromatic heterocycles. The Labute approximate surface area is 158 Å². The molecule has 2 aliphatic rings. The minimum absolute atomic E-state index is 0.260. The number of aliphatic imine (C=N–C) groups is 1. The van der Waals surface area contributed by atoms with Crippen molar-refractivity contribution in [2.75, 3.05) is 12.3 Å². The molecule has 144 valence electrons. The summed E-state index contributed by atoms with van der Waals surface area (Å²) in [6.07, 6.45) is -5.18. The molecule has 2 heterocycles. The van der Waals surface area contributed by atoms with Crippen molar-refractivity contribution in [1.82, 2.24) is 10.2 Å². The van der Waals surface area contributed by atoms with Gasteiger partial charge in [0.1, 0.15) is 6.54 Å². The number of cyclic esters (lactones) is 1. The largest absolute Gasteiger partial charge is 0.419 e. The molecule has 28 heavy (non-hydrogen) atoms. The third-order valence-electron chi connectivity index (χ3n) is 4.69. The van der Waals surface area contributed by atoms with E-state index in [1.165, 1.54) is 6.92 Å². The molecule has 9 heteroatoms. The highest BCUT2D eigenvalue weighted by atomic mass is 19.3. The van der Waals surface area contributed by atoms with Gasteiger partial charge in [-0.15, -0.1) is 0 Å². The van der Waals surface area contributed by atoms with Crippen LogP contribution in [0.15, 0.2) is 53.5 Å². The fraction of sp³-hybridized carbons (Fsp3) is 0.211. The fourth-order valence-corrected chi connectivity index (χ4v) is 3.30. The Hall–Kier alpha value is -3.49. The molecule has 0 bridgehead atoms. The predicted molar refractivity (Wildman–Crippen MR) is 97.4 cm³/mol. The first-order chi connectivity index (χ1) is 13.2. The first-order valence-electron chi connectivity index (χ1n) is 8.44. The SMILES string of the molecule is CC1(c2cccc(-c3cccc(N)c3)c2)N=C2NC(=O)OC(F)(F)CN2C1=O. The van der Waals surface area contributed by atoms with Gasteiger partial charge in [-0.3, -0.25) is 15.0 Å². The van der Waals surface area contributed by atoms with Gasteiger partial charge in [0.15, 0.2) is 5.54 Å². The third kappa shape index (κ3) is 2.94. The number of amides is 2. The van der Waals surface area contributed by atoms with Gasteiger partial charge in [-0.2, -0.15) is 8.78 Å². The molecular formula is C19H16F2N4O3. The van der Waals surface area contributed by atoms with E-state index in [0.29, 0.717) is 11.3 Å². The molecule has 0 saturated carbocycles. The Morgan fingerprint density at radius 2 is 1.82 bits per heavy atom. The smallest absolute Gasteiger partial charge is 0.399 e. The van der Waals surface area contributed by atoms with Crippen molar-refractivity contribution in [3.8, 4) is 11.1 Å². The lowest BCUT2D eigenvalue weighted by atomic mass is 9.89. The van der Waals surface area contributed by atoms with Crippen molar-refractivity contribution in [3.63, 3.8) is 0 Å². The summed E-state index contributed by atoms with van der Waals surface area (Å²) in [7, 11) is 0. The molecule has 0 aliphatic carbocycles. The summed E-state index contributed by atoms with van der Waals surface area (Å²) in [5.41, 5.74) is 7.08. The van der Waals surface area contributed by atoms with Crippen molar-refractivity contribution < 1.29 is 23.1 Å². The maximum Gasteiger partial charge on any atom is 0.419 e. The monoisotopic (exact) mass is 386 g/mol. The number of carbonyl (C=O) groups is 2. The number of hydrogen-bond donors (Lipinski definition) is 2. The number of hydrogen-bond acceptors (Lipinski definition) is 5. The summed E-state index contributed by atoms with van der Waals surface area (Å²) in [5, 5.41) is 2.10. The molecule has 0 spiro atoms. The zero-order valence-corrected chi connectivity index (χ0v) is 14.8. The van der Waals surface area contributed by atoms with E-state index in [1.54, 1.807) is 36.4 Å². The highest BCUT2D eigenvalue weighted by Crippen LogP contribution is 2.37. The van der Waals surface area contributed by atoms with Crippen LogP contribution in [0.1, 0.15) is 12.5 Å². The molecule has 2 amide bonds. The molecule has 1 fully saturated rings. The summed E-state index contributed by atoms with van der Waals surface area (Å²) >= 11 is 0. The summed E-state index contributed by atoms with van der Waals surface area (Å²) in [6.45, 7) is 0.411. The first kappa shape index (κ1) is 17.9. The van der Waals surface area contributed by atoms with Gasteiger partial charge in [0.05, 0.1) is 0 Å². The van der Waals surface area contributed by atoms with Crippen LogP contribution in [0, 0.1) is 0 Å². The van der Waals surface area contributed by atoms with Crippen LogP contribution in [0.2, 0.25) is 0 Å². The van der Waals surface area contributed by atoms with E-state index < -0.39 is 30.2 Å². The number of guanidine groups is 1. The lowest BCUT2D eigenvalue weighted by Gasteiger charge is -2.24. The molecular weight excluding hydrogens is 370 g/mol. The number of nitrogens with two attached hydrogens (primary N) is 1. The van der Waals surface area contributed by atoms with E-state index >= 15 is 0 Å². The van der Waals surface area contributed by atoms with E-state index in [2.05, 4.69) is 15.0 Å². The topological polar surface area (TPSA) is 97.0 Å². The van der Waals surface area contributed by atoms with Gasteiger partial charge in [0.2, 0.25) is 5.96 Å². The summed E-state index contributed by atoms with van der Waals surface area (Å²) in [6, 6.07) is 14.2. The number of ether oxygens (including phenoxy) is 1. The average molecular weight is 386 g/mol. The molecule has 3 N–H and O–H groups in total. The van der Waals surface area contributed by atoms with Gasteiger partial charge in [0.25, 0.3) is 5.91 Å². The van der Waals surface area contributed by atoms with Crippen LogP contribution in [0.4, 0.5) is 19.3 Å². The van der Waals surface area contributed by atoms with Crippen molar-refractivity contribution in [3.05, 3.63) is 54.1 Å². The van der Waals surface area contributed by atoms with Gasteiger partial charge in [-0.25, -0.2) is 9.79 Å². The van der Waals surface area contributed by atoms with Crippen molar-refractivity contribution in [1.29, 1.82) is 0 Å². The Morgan fingerprint density at radius 3 is 2.54 bits per heavy atom. The number of halogens is 2. The Bertz CT molecular complexity index is 1020. The Morgan fingerprint density at radius 1 is 1.14 bits per heavy atom. The molecule has 1 saturated heterocycles. The van der Waals surface area contributed by atoms with E-state index in [0.717, 1.165) is 16.0 Å². The number of nitrogens with zero attached hydrogens (tertiary/aromatic N) is 2. The summed E-state index contributed by atoms with van der Waals surface area (Å²) < 4.78 is 31.5. The van der Waals surface area contributed by atoms with E-state index in [4.69, 9.17) is 5.73 Å². The molecule has 4 rings (SSSR count). The van der Waals surface area contributed by atoms with Gasteiger partial charge >= 0.3 is 12.2 Å². The summed E-state index contributed by atoms with van der Waals surface area (Å²) in [4.78, 5) is 29.5. The molecule has 0 radical (unpaired) electrons. The molecule has 1 unspecified atom stereocenters. The maximum absolute atomic E-state index is 13.8. The predicted octanol–water partition coefficient (Wildman–Crippen LogP) is 2.68. The number of rotatable bonds is 2. The van der Waals surface area contributed by atoms with Crippen molar-refractivity contribution >= 4 is 23.6 Å². The zero-order valence-electron chi connectivity index (χ0n) is 14.8. The maximum atomic E-state index is 13.8. The minimum atomic E-state index is -3.81. The minimum Gasteiger partial charge on any atom is -0.399 e. The van der Waals surface area contributed by atoms with Gasteiger partial charge in [-0.1, -0.05) is 30.3 Å². The highest BCUT2D eigenvalue weighted by Gasteiger charge is 2.53. The van der Waals surface area contributed by atoms with Crippen molar-refractivity contribution in [2.45, 2.75) is 18.6 Å². The quantitative estimate of drug-likeness (QED) is 0.776. The van der Waals surface area contributed by atoms with Crippen LogP contribution in [0.25, 0.3) is 11.1 Å². The second kappa shape index (κ2) is 6.01. The van der Waals surface area contributed by atoms with Crippen LogP contribution in [0.3, 0.4) is 0 Å². The lowest BCUT2D eigenvalue weighted by molar-refractivity contribution is -0.200. The van der Waals surface area contributed by atoms with Crippen LogP contribution < -0.4 is 11.1 Å². The Balaban J connectivity index is 1.75. The number of nitrogens with one attached hydrogen (secondary N) is 1. The van der Waals surface area contributed by atoms with E-state index in [1.807, 2.05) is 12.1 Å². The number of benzene rings is 2. The molecule has 2 aromatic rings. The highest BCUT2D eigenvalue weighted by molar-refractivity contribution is 6.11. The average Bonchev–Trinajstić information content (AvgIpc) is 2.79. The molecule has 2 aromatic carbocycles. The van der Waals surface area contributed by atoms with Gasteiger partial charge in [0, 0.05) is 5.69 Å². The van der Waals surface area contributed by atoms with Gasteiger partial charge in [-0.05, 0) is 41.8 Å². The normalized spacial score (nSPS) is 23.4. The second-order valence-corrected chi connectivity index (χ2v) is 6.76. The molecule has 7 nitrogen and oxygen atoms in total. The molecule has 1 atom stereocenters. The third-order valence-corrected chi connectivity index (χ3v) is 4.69. The first-order valence-corrected chi connectivity index (χ1v) is 8.44. The lowest BCUT2D eigenvalue weighted by Crippen LogP contribution is -2.46. The van der Waals surface area contributed by atoms with Crippen LogP contribution in [-0.2, 0) is 15.1 Å². The van der Waals surface area contributed by atoms with E-state index in [9.17, 15) is 18.4 Å². The number of carbonyl (C=O) groups excluding carboxylic acids is 2. The number of alkyl carbamates (subject to hydrolysis) is 1. The second-order valence-electron chi connectivity index (χ2n) is 6.76. The number of nitrogen functional groups attached to an aromatic ring is 1. The van der Waals surface area contributed by atoms with Crippen LogP contribution in [-0.4, -0.2) is 35.5 Å². The zero-order chi connectivity index (χ0) is 20.1. The number of anilines is 1. The Kier molecular flexibility index (Phi) is 3.84. The van der Waals surface area contributed by atoms with Crippen LogP contribution >= 0.6 is 0 Å². The standard InChI is InChI=1S/C19H16F2N4O3/c1-18(13-6-2-4-11(8-13)12-5-3-7-14(22)9-12)15(26)25-10-19(20,21)28-17(27)23-16(25)24-18/h2-9H,10,22H2,1H3,(H,23,24,27). The van der Waals surface area contributed by atoms with E-state index in [-0.39, 0.29) is 5.96 Å². The number of fused-ring (bicyclic) bond motifs is 1. The fourth-order valence-electron chi connectivity index (χ4n) is 3.30. The van der Waals surface area contributed by atoms with Crippen molar-refractivity contribution in [2.24, 2.45) is 4.99 Å². The summed E-state index contributed by atoms with van der Waals surface area (Å²) in [5.74, 6) is -0.943. The van der Waals surface area contributed by atoms with Gasteiger partial charge < -0.3 is 10.5 Å².